The number of fused-ring (bicyclic) bond motifs is 1. The molecule has 3 atom stereocenters. The lowest BCUT2D eigenvalue weighted by molar-refractivity contribution is -0.136. The highest BCUT2D eigenvalue weighted by Crippen LogP contribution is 2.38. The predicted octanol–water partition coefficient (Wildman–Crippen LogP) is 1.87. The van der Waals surface area contributed by atoms with Gasteiger partial charge < -0.3 is 15.0 Å². The number of imide groups is 1. The first kappa shape index (κ1) is 24.0. The monoisotopic (exact) mass is 498 g/mol. The third-order valence-corrected chi connectivity index (χ3v) is 8.81. The zero-order chi connectivity index (χ0) is 24.8. The van der Waals surface area contributed by atoms with Gasteiger partial charge in [0.1, 0.15) is 12.2 Å². The van der Waals surface area contributed by atoms with Crippen LogP contribution >= 0.6 is 0 Å². The summed E-state index contributed by atoms with van der Waals surface area (Å²) in [6.07, 6.45) is 5.21. The quantitative estimate of drug-likeness (QED) is 0.603. The van der Waals surface area contributed by atoms with Crippen molar-refractivity contribution >= 4 is 17.7 Å². The van der Waals surface area contributed by atoms with Gasteiger partial charge in [-0.15, -0.1) is 0 Å². The van der Waals surface area contributed by atoms with Crippen LogP contribution in [0.2, 0.25) is 0 Å². The number of carbonyl (C=O) groups excluding carboxylic acids is 3. The van der Waals surface area contributed by atoms with Crippen LogP contribution in [-0.2, 0) is 20.9 Å². The van der Waals surface area contributed by atoms with Crippen LogP contribution in [0.4, 0.5) is 4.39 Å². The van der Waals surface area contributed by atoms with Crippen LogP contribution in [0.25, 0.3) is 0 Å². The fourth-order valence-electron chi connectivity index (χ4n) is 6.61. The van der Waals surface area contributed by atoms with E-state index in [2.05, 4.69) is 15.5 Å². The number of hydrogen-bond donors (Lipinski definition) is 2. The van der Waals surface area contributed by atoms with Gasteiger partial charge in [0.05, 0.1) is 12.2 Å². The minimum Gasteiger partial charge on any atom is -0.375 e. The molecule has 8 nitrogen and oxygen atoms in total. The van der Waals surface area contributed by atoms with Crippen molar-refractivity contribution in [3.8, 4) is 0 Å². The van der Waals surface area contributed by atoms with Gasteiger partial charge in [0.2, 0.25) is 11.8 Å². The Kier molecular flexibility index (Phi) is 6.56. The van der Waals surface area contributed by atoms with Gasteiger partial charge in [0, 0.05) is 37.0 Å². The average Bonchev–Trinajstić information content (AvgIpc) is 3.17. The molecule has 0 radical (unpaired) electrons. The molecule has 3 saturated heterocycles. The summed E-state index contributed by atoms with van der Waals surface area (Å²) in [6, 6.07) is 5.40. The Hall–Kier alpha value is -2.36. The van der Waals surface area contributed by atoms with E-state index in [1.54, 1.807) is 11.0 Å². The Morgan fingerprint density at radius 2 is 1.81 bits per heavy atom. The van der Waals surface area contributed by atoms with Crippen LogP contribution in [0, 0.1) is 0 Å². The second-order valence-electron chi connectivity index (χ2n) is 11.1. The number of rotatable bonds is 5. The molecular formula is C27H35FN4O4. The molecule has 1 aromatic carbocycles. The van der Waals surface area contributed by atoms with Gasteiger partial charge in [0.25, 0.3) is 5.91 Å². The van der Waals surface area contributed by atoms with E-state index in [9.17, 15) is 14.4 Å². The number of alkyl halides is 1. The van der Waals surface area contributed by atoms with Crippen LogP contribution in [0.1, 0.15) is 72.3 Å². The maximum absolute atomic E-state index is 15.4. The summed E-state index contributed by atoms with van der Waals surface area (Å²) < 4.78 is 21.7. The van der Waals surface area contributed by atoms with E-state index in [0.717, 1.165) is 62.9 Å². The van der Waals surface area contributed by atoms with Crippen molar-refractivity contribution in [3.63, 3.8) is 0 Å². The molecular weight excluding hydrogens is 463 g/mol. The summed E-state index contributed by atoms with van der Waals surface area (Å²) in [7, 11) is 0. The van der Waals surface area contributed by atoms with E-state index in [0.29, 0.717) is 43.3 Å². The first-order valence-corrected chi connectivity index (χ1v) is 13.5. The third-order valence-electron chi connectivity index (χ3n) is 8.81. The molecule has 4 heterocycles. The maximum atomic E-state index is 15.4. The number of halogens is 1. The minimum absolute atomic E-state index is 0.187. The third kappa shape index (κ3) is 4.57. The largest absolute Gasteiger partial charge is 0.375 e. The SMILES string of the molecule is O=C1CCC(N2Cc3cc(C4CCN([C@H]5C[C@H](OC6CCNCC6)C5)CC4F)ccc3C2=O)C(=O)N1. The molecule has 5 aliphatic rings. The number of nitrogens with zero attached hydrogens (tertiary/aromatic N) is 2. The van der Waals surface area contributed by atoms with Gasteiger partial charge in [-0.2, -0.15) is 0 Å². The van der Waals surface area contributed by atoms with Crippen molar-refractivity contribution in [2.24, 2.45) is 0 Å². The van der Waals surface area contributed by atoms with Gasteiger partial charge >= 0.3 is 0 Å². The molecule has 3 amide bonds. The molecule has 2 N–H and O–H groups in total. The van der Waals surface area contributed by atoms with Crippen molar-refractivity contribution in [2.45, 2.75) is 87.9 Å². The smallest absolute Gasteiger partial charge is 0.255 e. The van der Waals surface area contributed by atoms with E-state index in [4.69, 9.17) is 4.74 Å². The van der Waals surface area contributed by atoms with E-state index >= 15 is 4.39 Å². The van der Waals surface area contributed by atoms with Gasteiger partial charge in [0.15, 0.2) is 0 Å². The number of piperidine rings is 3. The van der Waals surface area contributed by atoms with Crippen LogP contribution in [0.15, 0.2) is 18.2 Å². The highest BCUT2D eigenvalue weighted by molar-refractivity contribution is 6.05. The molecule has 3 unspecified atom stereocenters. The number of benzene rings is 1. The Labute approximate surface area is 210 Å². The van der Waals surface area contributed by atoms with Gasteiger partial charge in [-0.25, -0.2) is 4.39 Å². The summed E-state index contributed by atoms with van der Waals surface area (Å²) in [4.78, 5) is 40.6. The number of nitrogens with one attached hydrogen (secondary N) is 2. The minimum atomic E-state index is -0.954. The van der Waals surface area contributed by atoms with Gasteiger partial charge in [-0.1, -0.05) is 12.1 Å². The van der Waals surface area contributed by atoms with Crippen molar-refractivity contribution in [1.29, 1.82) is 0 Å². The molecule has 194 valence electrons. The standard InChI is InChI=1S/C27H35FN4O4/c28-23-15-31(18-12-20(13-18)36-19-5-8-29-9-6-19)10-7-21(23)16-1-2-22-17(11-16)14-32(27(22)35)24-3-4-25(33)30-26(24)34/h1-2,11,18-21,23-24,29H,3-10,12-15H2,(H,30,33,34)/t18-,20-,21?,23?,24?. The second kappa shape index (κ2) is 9.84. The molecule has 0 bridgehead atoms. The van der Waals surface area contributed by atoms with Crippen molar-refractivity contribution in [1.82, 2.24) is 20.4 Å². The Morgan fingerprint density at radius 3 is 2.56 bits per heavy atom. The first-order valence-electron chi connectivity index (χ1n) is 13.5. The number of ether oxygens (including phenoxy) is 1. The summed E-state index contributed by atoms with van der Waals surface area (Å²) in [5, 5.41) is 5.70. The fraction of sp³-hybridized carbons (Fsp3) is 0.667. The van der Waals surface area contributed by atoms with Crippen molar-refractivity contribution in [2.75, 3.05) is 26.2 Å². The predicted molar refractivity (Wildman–Crippen MR) is 130 cm³/mol. The molecule has 9 heteroatoms. The summed E-state index contributed by atoms with van der Waals surface area (Å²) in [5.74, 6) is -1.09. The number of amides is 3. The molecule has 36 heavy (non-hydrogen) atoms. The molecule has 1 aromatic rings. The highest BCUT2D eigenvalue weighted by Gasteiger charge is 2.42. The van der Waals surface area contributed by atoms with Crippen LogP contribution in [0.5, 0.6) is 0 Å². The van der Waals surface area contributed by atoms with Crippen LogP contribution in [0.3, 0.4) is 0 Å². The Balaban J connectivity index is 1.04. The van der Waals surface area contributed by atoms with Crippen LogP contribution < -0.4 is 10.6 Å². The lowest BCUT2D eigenvalue weighted by atomic mass is 9.82. The second-order valence-corrected chi connectivity index (χ2v) is 11.1. The van der Waals surface area contributed by atoms with Gasteiger partial charge in [-0.3, -0.25) is 24.6 Å². The topological polar surface area (TPSA) is 91.0 Å². The number of carbonyl (C=O) groups is 3. The van der Waals surface area contributed by atoms with E-state index in [1.807, 2.05) is 12.1 Å². The molecule has 6 rings (SSSR count). The Bertz CT molecular complexity index is 1040. The van der Waals surface area contributed by atoms with E-state index < -0.39 is 18.1 Å². The first-order chi connectivity index (χ1) is 17.5. The Morgan fingerprint density at radius 1 is 1.00 bits per heavy atom. The zero-order valence-corrected chi connectivity index (χ0v) is 20.6. The van der Waals surface area contributed by atoms with E-state index in [1.165, 1.54) is 0 Å². The normalized spacial score (nSPS) is 33.9. The summed E-state index contributed by atoms with van der Waals surface area (Å²) >= 11 is 0. The number of hydrogen-bond acceptors (Lipinski definition) is 6. The van der Waals surface area contributed by atoms with Crippen molar-refractivity contribution < 1.29 is 23.5 Å². The summed E-state index contributed by atoms with van der Waals surface area (Å²) in [6.45, 7) is 3.69. The average molecular weight is 499 g/mol. The lowest BCUT2D eigenvalue weighted by Crippen LogP contribution is -2.54. The lowest BCUT2D eigenvalue weighted by Gasteiger charge is -2.47. The molecule has 0 aromatic heterocycles. The molecule has 1 saturated carbocycles. The van der Waals surface area contributed by atoms with E-state index in [-0.39, 0.29) is 24.2 Å². The number of likely N-dealkylation sites (tertiary alicyclic amines) is 1. The molecule has 4 fully saturated rings. The van der Waals surface area contributed by atoms with Gasteiger partial charge in [-0.05, 0) is 75.4 Å². The summed E-state index contributed by atoms with van der Waals surface area (Å²) in [5.41, 5.74) is 2.35. The van der Waals surface area contributed by atoms with Crippen LogP contribution in [-0.4, -0.2) is 84.2 Å². The maximum Gasteiger partial charge on any atom is 0.255 e. The highest BCUT2D eigenvalue weighted by atomic mass is 19.1. The molecule has 1 aliphatic carbocycles. The van der Waals surface area contributed by atoms with Crippen molar-refractivity contribution in [3.05, 3.63) is 34.9 Å². The molecule has 0 spiro atoms. The zero-order valence-electron chi connectivity index (χ0n) is 20.6. The fourth-order valence-corrected chi connectivity index (χ4v) is 6.61. The molecule has 4 aliphatic heterocycles.